The smallest absolute Gasteiger partial charge is 0.251 e. The zero-order valence-corrected chi connectivity index (χ0v) is 18.5. The number of piperazine rings is 1. The average Bonchev–Trinajstić information content (AvgIpc) is 2.81. The van der Waals surface area contributed by atoms with Gasteiger partial charge in [-0.15, -0.1) is 0 Å². The fourth-order valence-corrected chi connectivity index (χ4v) is 3.63. The number of nitrogens with one attached hydrogen (secondary N) is 2. The Balaban J connectivity index is 1.63. The predicted octanol–water partition coefficient (Wildman–Crippen LogP) is 2.82. The summed E-state index contributed by atoms with van der Waals surface area (Å²) in [4.78, 5) is 21.5. The number of nitrogens with zero attached hydrogens (tertiary/aromatic N) is 3. The number of phenolic OH excluding ortho intramolecular Hbond substituents is 1. The minimum absolute atomic E-state index is 0.0418. The summed E-state index contributed by atoms with van der Waals surface area (Å²) in [5, 5.41) is 16.4. The number of guanidine groups is 1. The number of anilines is 1. The molecule has 166 valence electrons. The third kappa shape index (κ3) is 6.13. The maximum absolute atomic E-state index is 12.2. The Morgan fingerprint density at radius 1 is 1.03 bits per heavy atom. The summed E-state index contributed by atoms with van der Waals surface area (Å²) >= 11 is 0. The molecule has 1 amide bonds. The molecule has 0 spiro atoms. The molecule has 31 heavy (non-hydrogen) atoms. The lowest BCUT2D eigenvalue weighted by Gasteiger charge is -2.37. The number of hydrogen-bond acceptors (Lipinski definition) is 4. The van der Waals surface area contributed by atoms with Gasteiger partial charge in [-0.3, -0.25) is 4.79 Å². The van der Waals surface area contributed by atoms with E-state index >= 15 is 0 Å². The van der Waals surface area contributed by atoms with Gasteiger partial charge in [0.1, 0.15) is 5.75 Å². The molecule has 0 aliphatic carbocycles. The number of rotatable bonds is 7. The van der Waals surface area contributed by atoms with Crippen LogP contribution >= 0.6 is 0 Å². The van der Waals surface area contributed by atoms with E-state index in [-0.39, 0.29) is 5.91 Å². The highest BCUT2D eigenvalue weighted by Gasteiger charge is 2.21. The molecule has 0 unspecified atom stereocenters. The number of amides is 1. The van der Waals surface area contributed by atoms with Gasteiger partial charge in [-0.05, 0) is 43.2 Å². The number of carbonyl (C=O) groups excluding carboxylic acids is 1. The molecule has 2 aromatic rings. The Hall–Kier alpha value is -3.22. The first-order chi connectivity index (χ1) is 15.1. The lowest BCUT2D eigenvalue weighted by atomic mass is 10.1. The van der Waals surface area contributed by atoms with Gasteiger partial charge in [-0.2, -0.15) is 0 Å². The molecule has 0 bridgehead atoms. The second kappa shape index (κ2) is 11.2. The van der Waals surface area contributed by atoms with E-state index in [0.29, 0.717) is 24.4 Å². The molecule has 2 aromatic carbocycles. The molecule has 1 saturated heterocycles. The molecule has 1 fully saturated rings. The summed E-state index contributed by atoms with van der Waals surface area (Å²) in [6.07, 6.45) is 0.916. The summed E-state index contributed by atoms with van der Waals surface area (Å²) in [6, 6.07) is 15.1. The maximum atomic E-state index is 12.2. The largest absolute Gasteiger partial charge is 0.506 e. The Labute approximate surface area is 184 Å². The molecule has 0 atom stereocenters. The molecule has 0 aromatic heterocycles. The highest BCUT2D eigenvalue weighted by atomic mass is 16.3. The van der Waals surface area contributed by atoms with Crippen LogP contribution in [0.5, 0.6) is 5.75 Å². The lowest BCUT2D eigenvalue weighted by molar-refractivity contribution is 0.0953. The van der Waals surface area contributed by atoms with E-state index in [1.807, 2.05) is 49.4 Å². The van der Waals surface area contributed by atoms with Crippen molar-refractivity contribution in [1.29, 1.82) is 0 Å². The summed E-state index contributed by atoms with van der Waals surface area (Å²) in [5.74, 6) is 1.15. The van der Waals surface area contributed by atoms with Crippen LogP contribution in [-0.4, -0.2) is 61.1 Å². The van der Waals surface area contributed by atoms with Gasteiger partial charge in [0, 0.05) is 44.8 Å². The summed E-state index contributed by atoms with van der Waals surface area (Å²) in [5.41, 5.74) is 2.55. The molecular weight excluding hydrogens is 390 g/mol. The molecule has 0 saturated carbocycles. The van der Waals surface area contributed by atoms with Crippen LogP contribution in [0, 0.1) is 0 Å². The van der Waals surface area contributed by atoms with Crippen LogP contribution in [0.2, 0.25) is 0 Å². The average molecular weight is 424 g/mol. The zero-order chi connectivity index (χ0) is 22.1. The van der Waals surface area contributed by atoms with Gasteiger partial charge in [0.05, 0.1) is 12.2 Å². The first kappa shape index (κ1) is 22.5. The zero-order valence-electron chi connectivity index (χ0n) is 18.5. The molecule has 3 rings (SSSR count). The fraction of sp³-hybridized carbons (Fsp3) is 0.417. The lowest BCUT2D eigenvalue weighted by Crippen LogP contribution is -2.52. The van der Waals surface area contributed by atoms with Crippen LogP contribution < -0.4 is 15.5 Å². The molecule has 1 heterocycles. The van der Waals surface area contributed by atoms with E-state index in [9.17, 15) is 9.90 Å². The van der Waals surface area contributed by atoms with Crippen molar-refractivity contribution in [2.45, 2.75) is 26.8 Å². The van der Waals surface area contributed by atoms with Crippen molar-refractivity contribution in [1.82, 2.24) is 15.5 Å². The summed E-state index contributed by atoms with van der Waals surface area (Å²) < 4.78 is 0. The van der Waals surface area contributed by atoms with Crippen molar-refractivity contribution in [3.63, 3.8) is 0 Å². The van der Waals surface area contributed by atoms with Crippen molar-refractivity contribution >= 4 is 17.6 Å². The maximum Gasteiger partial charge on any atom is 0.251 e. The van der Waals surface area contributed by atoms with E-state index in [4.69, 9.17) is 4.99 Å². The molecule has 0 radical (unpaired) electrons. The van der Waals surface area contributed by atoms with Crippen molar-refractivity contribution in [3.05, 3.63) is 59.7 Å². The number of benzene rings is 2. The summed E-state index contributed by atoms with van der Waals surface area (Å²) in [7, 11) is 0. The predicted molar refractivity (Wildman–Crippen MR) is 126 cm³/mol. The van der Waals surface area contributed by atoms with Gasteiger partial charge >= 0.3 is 0 Å². The van der Waals surface area contributed by atoms with Crippen molar-refractivity contribution in [2.24, 2.45) is 4.99 Å². The van der Waals surface area contributed by atoms with Crippen LogP contribution in [-0.2, 0) is 6.54 Å². The second-order valence-electron chi connectivity index (χ2n) is 7.59. The van der Waals surface area contributed by atoms with Gasteiger partial charge in [0.2, 0.25) is 0 Å². The minimum atomic E-state index is -0.0418. The SMILES string of the molecule is CCCNC(=O)c1cccc(CN=C(NCC)N2CCN(c3ccccc3O)CC2)c1. The Kier molecular flexibility index (Phi) is 8.15. The van der Waals surface area contributed by atoms with Crippen LogP contribution in [0.3, 0.4) is 0 Å². The highest BCUT2D eigenvalue weighted by molar-refractivity contribution is 5.94. The highest BCUT2D eigenvalue weighted by Crippen LogP contribution is 2.27. The van der Waals surface area contributed by atoms with Crippen LogP contribution in [0.15, 0.2) is 53.5 Å². The van der Waals surface area contributed by atoms with Crippen molar-refractivity contribution in [3.8, 4) is 5.75 Å². The molecule has 1 aliphatic heterocycles. The first-order valence-corrected chi connectivity index (χ1v) is 11.1. The molecule has 3 N–H and O–H groups in total. The van der Waals surface area contributed by atoms with Gasteiger partial charge in [-0.1, -0.05) is 31.2 Å². The van der Waals surface area contributed by atoms with Crippen LogP contribution in [0.4, 0.5) is 5.69 Å². The molecule has 1 aliphatic rings. The fourth-order valence-electron chi connectivity index (χ4n) is 3.63. The van der Waals surface area contributed by atoms with Gasteiger partial charge < -0.3 is 25.5 Å². The Morgan fingerprint density at radius 3 is 2.52 bits per heavy atom. The number of hydrogen-bond donors (Lipinski definition) is 3. The van der Waals surface area contributed by atoms with Crippen LogP contribution in [0.1, 0.15) is 36.2 Å². The number of aliphatic imine (C=N–C) groups is 1. The normalized spacial score (nSPS) is 14.5. The molecule has 7 heteroatoms. The van der Waals surface area contributed by atoms with Crippen molar-refractivity contribution < 1.29 is 9.90 Å². The van der Waals surface area contributed by atoms with Gasteiger partial charge in [-0.25, -0.2) is 4.99 Å². The number of para-hydroxylation sites is 2. The third-order valence-electron chi connectivity index (χ3n) is 5.27. The third-order valence-corrected chi connectivity index (χ3v) is 5.27. The monoisotopic (exact) mass is 423 g/mol. The minimum Gasteiger partial charge on any atom is -0.506 e. The number of carbonyl (C=O) groups is 1. The number of aromatic hydroxyl groups is 1. The van der Waals surface area contributed by atoms with E-state index in [1.165, 1.54) is 0 Å². The van der Waals surface area contributed by atoms with Gasteiger partial charge in [0.15, 0.2) is 5.96 Å². The summed E-state index contributed by atoms with van der Waals surface area (Å²) in [6.45, 7) is 9.35. The number of phenols is 1. The standard InChI is InChI=1S/C24H33N5O2/c1-3-12-26-23(31)20-9-7-8-19(17-20)18-27-24(25-4-2)29-15-13-28(14-16-29)21-10-5-6-11-22(21)30/h5-11,17,30H,3-4,12-16,18H2,1-2H3,(H,25,27)(H,26,31). The van der Waals surface area contributed by atoms with Crippen molar-refractivity contribution in [2.75, 3.05) is 44.2 Å². The Morgan fingerprint density at radius 2 is 1.81 bits per heavy atom. The van der Waals surface area contributed by atoms with E-state index in [0.717, 1.165) is 56.4 Å². The van der Waals surface area contributed by atoms with E-state index in [1.54, 1.807) is 6.07 Å². The molecular formula is C24H33N5O2. The molecule has 7 nitrogen and oxygen atoms in total. The Bertz CT molecular complexity index is 891. The van der Waals surface area contributed by atoms with E-state index in [2.05, 4.69) is 27.4 Å². The van der Waals surface area contributed by atoms with Crippen LogP contribution in [0.25, 0.3) is 0 Å². The van der Waals surface area contributed by atoms with Gasteiger partial charge in [0.25, 0.3) is 5.91 Å². The quantitative estimate of drug-likeness (QED) is 0.471. The topological polar surface area (TPSA) is 80.2 Å². The second-order valence-corrected chi connectivity index (χ2v) is 7.59. The first-order valence-electron chi connectivity index (χ1n) is 11.1. The van der Waals surface area contributed by atoms with E-state index < -0.39 is 0 Å².